The van der Waals surface area contributed by atoms with E-state index in [4.69, 9.17) is 10.8 Å². The van der Waals surface area contributed by atoms with Gasteiger partial charge in [0.25, 0.3) is 0 Å². The van der Waals surface area contributed by atoms with Gasteiger partial charge in [0, 0.05) is 6.54 Å². The molecule has 1 rings (SSSR count). The van der Waals surface area contributed by atoms with Crippen LogP contribution in [-0.2, 0) is 6.54 Å². The summed E-state index contributed by atoms with van der Waals surface area (Å²) in [5.41, 5.74) is 5.92. The lowest BCUT2D eigenvalue weighted by atomic mass is 10.2. The van der Waals surface area contributed by atoms with E-state index in [-0.39, 0.29) is 30.5 Å². The molecule has 0 amide bonds. The maximum atomic E-state index is 11.7. The first kappa shape index (κ1) is 12.9. The number of rotatable bonds is 3. The molecule has 3 nitrogen and oxygen atoms in total. The highest BCUT2D eigenvalue weighted by Gasteiger charge is 2.08. The van der Waals surface area contributed by atoms with E-state index < -0.39 is 6.61 Å². The predicted molar refractivity (Wildman–Crippen MR) is 49.9 cm³/mol. The van der Waals surface area contributed by atoms with E-state index in [2.05, 4.69) is 4.74 Å². The molecule has 1 aromatic rings. The number of alkyl halides is 2. The highest BCUT2D eigenvalue weighted by atomic mass is 35.5. The molecule has 0 fully saturated rings. The molecule has 0 aliphatic heterocycles. The van der Waals surface area contributed by atoms with Crippen molar-refractivity contribution in [3.05, 3.63) is 23.8 Å². The number of nitrogens with two attached hydrogens (primary N) is 1. The van der Waals surface area contributed by atoms with Crippen LogP contribution in [0.15, 0.2) is 18.2 Å². The van der Waals surface area contributed by atoms with Crippen molar-refractivity contribution in [2.45, 2.75) is 13.2 Å². The third kappa shape index (κ3) is 3.35. The molecule has 14 heavy (non-hydrogen) atoms. The van der Waals surface area contributed by atoms with Crippen LogP contribution in [0.3, 0.4) is 0 Å². The number of hydrogen-bond donors (Lipinski definition) is 2. The SMILES string of the molecule is Cl.NCc1ccc(OC(F)F)c(O)c1. The molecular formula is C8H10ClF2NO2. The Hall–Kier alpha value is -1.07. The molecule has 0 unspecified atom stereocenters. The minimum absolute atomic E-state index is 0. The quantitative estimate of drug-likeness (QED) is 0.826. The first-order valence-corrected chi connectivity index (χ1v) is 3.60. The summed E-state index contributed by atoms with van der Waals surface area (Å²) >= 11 is 0. The first-order valence-electron chi connectivity index (χ1n) is 3.60. The van der Waals surface area contributed by atoms with Gasteiger partial charge in [0.15, 0.2) is 11.5 Å². The Balaban J connectivity index is 0.00000169. The van der Waals surface area contributed by atoms with Crippen molar-refractivity contribution < 1.29 is 18.6 Å². The van der Waals surface area contributed by atoms with Crippen molar-refractivity contribution in [3.8, 4) is 11.5 Å². The Bertz CT molecular complexity index is 297. The Morgan fingerprint density at radius 2 is 2.07 bits per heavy atom. The van der Waals surface area contributed by atoms with E-state index in [1.165, 1.54) is 18.2 Å². The molecule has 0 heterocycles. The zero-order valence-electron chi connectivity index (χ0n) is 7.11. The largest absolute Gasteiger partial charge is 0.504 e. The molecule has 0 bridgehead atoms. The van der Waals surface area contributed by atoms with Crippen molar-refractivity contribution in [1.82, 2.24) is 0 Å². The molecule has 0 aromatic heterocycles. The zero-order chi connectivity index (χ0) is 9.84. The summed E-state index contributed by atoms with van der Waals surface area (Å²) in [7, 11) is 0. The van der Waals surface area contributed by atoms with Gasteiger partial charge in [-0.2, -0.15) is 8.78 Å². The Labute approximate surface area is 85.9 Å². The van der Waals surface area contributed by atoms with Gasteiger partial charge in [-0.05, 0) is 17.7 Å². The number of hydrogen-bond acceptors (Lipinski definition) is 3. The summed E-state index contributed by atoms with van der Waals surface area (Å²) in [6.45, 7) is -2.70. The molecule has 0 spiro atoms. The molecular weight excluding hydrogens is 216 g/mol. The van der Waals surface area contributed by atoms with Gasteiger partial charge >= 0.3 is 6.61 Å². The fourth-order valence-corrected chi connectivity index (χ4v) is 0.886. The van der Waals surface area contributed by atoms with Crippen LogP contribution in [0.2, 0.25) is 0 Å². The molecule has 0 saturated heterocycles. The van der Waals surface area contributed by atoms with E-state index in [1.807, 2.05) is 0 Å². The predicted octanol–water partition coefficient (Wildman–Crippen LogP) is 1.87. The van der Waals surface area contributed by atoms with Gasteiger partial charge in [-0.3, -0.25) is 0 Å². The molecule has 3 N–H and O–H groups in total. The highest BCUT2D eigenvalue weighted by molar-refractivity contribution is 5.85. The number of benzene rings is 1. The number of phenols is 1. The van der Waals surface area contributed by atoms with Crippen molar-refractivity contribution in [2.75, 3.05) is 0 Å². The number of halogens is 3. The molecule has 6 heteroatoms. The van der Waals surface area contributed by atoms with Crippen LogP contribution in [0, 0.1) is 0 Å². The maximum absolute atomic E-state index is 11.7. The Morgan fingerprint density at radius 1 is 1.43 bits per heavy atom. The van der Waals surface area contributed by atoms with Gasteiger partial charge in [0.05, 0.1) is 0 Å². The van der Waals surface area contributed by atoms with Gasteiger partial charge in [-0.25, -0.2) is 0 Å². The van der Waals surface area contributed by atoms with Gasteiger partial charge in [-0.1, -0.05) is 6.07 Å². The normalized spacial score (nSPS) is 9.71. The van der Waals surface area contributed by atoms with E-state index >= 15 is 0 Å². The second kappa shape index (κ2) is 5.62. The van der Waals surface area contributed by atoms with Crippen LogP contribution in [-0.4, -0.2) is 11.7 Å². The summed E-state index contributed by atoms with van der Waals surface area (Å²) in [5, 5.41) is 9.16. The van der Waals surface area contributed by atoms with Crippen LogP contribution in [0.1, 0.15) is 5.56 Å². The third-order valence-electron chi connectivity index (χ3n) is 1.48. The maximum Gasteiger partial charge on any atom is 0.387 e. The van der Waals surface area contributed by atoms with Crippen molar-refractivity contribution in [1.29, 1.82) is 0 Å². The summed E-state index contributed by atoms with van der Waals surface area (Å²) in [5.74, 6) is -0.574. The minimum atomic E-state index is -2.94. The number of aromatic hydroxyl groups is 1. The Morgan fingerprint density at radius 3 is 2.50 bits per heavy atom. The summed E-state index contributed by atoms with van der Waals surface area (Å²) in [6.07, 6.45) is 0. The summed E-state index contributed by atoms with van der Waals surface area (Å²) < 4.78 is 27.5. The third-order valence-corrected chi connectivity index (χ3v) is 1.48. The van der Waals surface area contributed by atoms with Crippen molar-refractivity contribution in [3.63, 3.8) is 0 Å². The second-order valence-corrected chi connectivity index (χ2v) is 2.38. The lowest BCUT2D eigenvalue weighted by molar-refractivity contribution is -0.0512. The fourth-order valence-electron chi connectivity index (χ4n) is 0.886. The van der Waals surface area contributed by atoms with Crippen LogP contribution in [0.4, 0.5) is 8.78 Å². The standard InChI is InChI=1S/C8H9F2NO2.ClH/c9-8(10)13-7-2-1-5(4-11)3-6(7)12;/h1-3,8,12H,4,11H2;1H. The average Bonchev–Trinajstić information content (AvgIpc) is 2.08. The molecule has 0 atom stereocenters. The monoisotopic (exact) mass is 225 g/mol. The van der Waals surface area contributed by atoms with Gasteiger partial charge in [0.2, 0.25) is 0 Å². The van der Waals surface area contributed by atoms with Crippen LogP contribution >= 0.6 is 12.4 Å². The van der Waals surface area contributed by atoms with E-state index in [0.717, 1.165) is 0 Å². The topological polar surface area (TPSA) is 55.5 Å². The average molecular weight is 226 g/mol. The van der Waals surface area contributed by atoms with E-state index in [9.17, 15) is 8.78 Å². The van der Waals surface area contributed by atoms with Gasteiger partial charge < -0.3 is 15.6 Å². The van der Waals surface area contributed by atoms with Crippen LogP contribution < -0.4 is 10.5 Å². The van der Waals surface area contributed by atoms with Crippen molar-refractivity contribution >= 4 is 12.4 Å². The van der Waals surface area contributed by atoms with Gasteiger partial charge in [0.1, 0.15) is 0 Å². The minimum Gasteiger partial charge on any atom is -0.504 e. The highest BCUT2D eigenvalue weighted by Crippen LogP contribution is 2.27. The fraction of sp³-hybridized carbons (Fsp3) is 0.250. The lowest BCUT2D eigenvalue weighted by Gasteiger charge is -2.07. The smallest absolute Gasteiger partial charge is 0.387 e. The van der Waals surface area contributed by atoms with Crippen molar-refractivity contribution in [2.24, 2.45) is 5.73 Å². The molecule has 1 aromatic carbocycles. The first-order chi connectivity index (χ1) is 6.13. The Kier molecular flexibility index (Phi) is 5.19. The molecule has 80 valence electrons. The number of phenolic OH excluding ortho intramolecular Hbond substituents is 1. The molecule has 0 saturated carbocycles. The molecule has 0 radical (unpaired) electrons. The molecule has 0 aliphatic rings. The van der Waals surface area contributed by atoms with Crippen LogP contribution in [0.25, 0.3) is 0 Å². The number of ether oxygens (including phenoxy) is 1. The second-order valence-electron chi connectivity index (χ2n) is 2.38. The van der Waals surface area contributed by atoms with E-state index in [0.29, 0.717) is 5.56 Å². The van der Waals surface area contributed by atoms with Crippen LogP contribution in [0.5, 0.6) is 11.5 Å². The summed E-state index contributed by atoms with van der Waals surface area (Å²) in [4.78, 5) is 0. The zero-order valence-corrected chi connectivity index (χ0v) is 7.93. The lowest BCUT2D eigenvalue weighted by Crippen LogP contribution is -2.03. The summed E-state index contributed by atoms with van der Waals surface area (Å²) in [6, 6.07) is 4.05. The molecule has 0 aliphatic carbocycles. The van der Waals surface area contributed by atoms with Gasteiger partial charge in [-0.15, -0.1) is 12.4 Å². The van der Waals surface area contributed by atoms with E-state index in [1.54, 1.807) is 0 Å².